The summed E-state index contributed by atoms with van der Waals surface area (Å²) in [6.45, 7) is 5.66. The highest BCUT2D eigenvalue weighted by Gasteiger charge is 2.30. The Kier molecular flexibility index (Phi) is 5.08. The average Bonchev–Trinajstić information content (AvgIpc) is 2.37. The summed E-state index contributed by atoms with van der Waals surface area (Å²) in [4.78, 5) is 12.2. The monoisotopic (exact) mass is 304 g/mol. The van der Waals surface area contributed by atoms with Gasteiger partial charge < -0.3 is 4.90 Å². The zero-order valence-electron chi connectivity index (χ0n) is 12.1. The van der Waals surface area contributed by atoms with Crippen molar-refractivity contribution in [3.8, 4) is 0 Å². The first kappa shape index (κ1) is 16.1. The third-order valence-electron chi connectivity index (χ3n) is 3.48. The second-order valence-corrected chi connectivity index (χ2v) is 4.92. The molecule has 118 valence electrons. The van der Waals surface area contributed by atoms with Gasteiger partial charge in [0.25, 0.3) is 0 Å². The first-order valence-corrected chi connectivity index (χ1v) is 6.89. The lowest BCUT2D eigenvalue weighted by molar-refractivity contribution is -0.532. The molecule has 1 aliphatic heterocycles. The highest BCUT2D eigenvalue weighted by Crippen LogP contribution is 2.30. The van der Waals surface area contributed by atoms with Crippen LogP contribution in [0.15, 0.2) is 24.3 Å². The molecule has 1 unspecified atom stereocenters. The van der Waals surface area contributed by atoms with Gasteiger partial charge in [-0.2, -0.15) is 13.2 Å². The number of nitrogens with zero attached hydrogens (tertiary/aromatic N) is 2. The number of hydrogen-bond donors (Lipinski definition) is 0. The minimum absolute atomic E-state index is 0.0993. The molecule has 0 N–H and O–H groups in total. The van der Waals surface area contributed by atoms with E-state index in [1.54, 1.807) is 0 Å². The van der Waals surface area contributed by atoms with Gasteiger partial charge in [0.2, 0.25) is 0 Å². The zero-order chi connectivity index (χ0) is 15.5. The van der Waals surface area contributed by atoms with Crippen molar-refractivity contribution in [2.75, 3.05) is 24.8 Å². The summed E-state index contributed by atoms with van der Waals surface area (Å²) in [5, 5.41) is 1.45. The Labute approximate surface area is 121 Å². The molecule has 21 heavy (non-hydrogen) atoms. The minimum Gasteiger partial charge on any atom is -0.372 e. The maximum Gasteiger partial charge on any atom is 0.416 e. The molecule has 7 heteroatoms. The smallest absolute Gasteiger partial charge is 0.372 e. The maximum absolute atomic E-state index is 12.5. The van der Waals surface area contributed by atoms with E-state index in [0.29, 0.717) is 6.54 Å². The summed E-state index contributed by atoms with van der Waals surface area (Å²) in [6, 6.07) is 5.34. The van der Waals surface area contributed by atoms with Crippen molar-refractivity contribution in [1.29, 1.82) is 0 Å². The van der Waals surface area contributed by atoms with Gasteiger partial charge in [-0.3, -0.25) is 0 Å². The van der Waals surface area contributed by atoms with Crippen molar-refractivity contribution in [1.82, 2.24) is 5.23 Å². The highest BCUT2D eigenvalue weighted by atomic mass is 19.4. The summed E-state index contributed by atoms with van der Waals surface area (Å²) < 4.78 is 37.6. The van der Waals surface area contributed by atoms with Crippen molar-refractivity contribution >= 4 is 5.69 Å². The number of halogens is 3. The van der Waals surface area contributed by atoms with Crippen molar-refractivity contribution in [2.24, 2.45) is 0 Å². The molecular formula is C14H19F3N2O2. The van der Waals surface area contributed by atoms with Gasteiger partial charge in [0, 0.05) is 18.8 Å². The Hall–Kier alpha value is -1.31. The largest absolute Gasteiger partial charge is 0.416 e. The quantitative estimate of drug-likeness (QED) is 0.803. The molecule has 0 radical (unpaired) electrons. The molecule has 0 aromatic heterocycles. The van der Waals surface area contributed by atoms with E-state index in [0.717, 1.165) is 30.8 Å². The number of hydrogen-bond acceptors (Lipinski definition) is 4. The Balaban J connectivity index is 1.93. The van der Waals surface area contributed by atoms with E-state index < -0.39 is 11.7 Å². The van der Waals surface area contributed by atoms with Gasteiger partial charge in [-0.15, -0.1) is 0 Å². The second kappa shape index (κ2) is 6.64. The molecule has 4 nitrogen and oxygen atoms in total. The zero-order valence-corrected chi connectivity index (χ0v) is 12.1. The Morgan fingerprint density at radius 2 is 1.86 bits per heavy atom. The Bertz CT molecular complexity index is 447. The van der Waals surface area contributed by atoms with Crippen LogP contribution in [0.25, 0.3) is 0 Å². The first-order valence-electron chi connectivity index (χ1n) is 6.89. The van der Waals surface area contributed by atoms with Crippen LogP contribution < -0.4 is 4.90 Å². The van der Waals surface area contributed by atoms with Crippen LogP contribution in [-0.4, -0.2) is 31.2 Å². The molecule has 1 fully saturated rings. The fourth-order valence-corrected chi connectivity index (χ4v) is 2.15. The average molecular weight is 304 g/mol. The Morgan fingerprint density at radius 1 is 1.24 bits per heavy atom. The molecule has 1 aliphatic rings. The molecular weight excluding hydrogens is 285 g/mol. The minimum atomic E-state index is -4.30. The summed E-state index contributed by atoms with van der Waals surface area (Å²) >= 11 is 0. The third kappa shape index (κ3) is 4.09. The highest BCUT2D eigenvalue weighted by molar-refractivity contribution is 5.47. The number of rotatable bonds is 6. The number of hydroxylamine groups is 2. The molecule has 0 saturated carbocycles. The summed E-state index contributed by atoms with van der Waals surface area (Å²) in [5.74, 6) is 0. The van der Waals surface area contributed by atoms with E-state index in [-0.39, 0.29) is 12.8 Å². The molecule has 0 aliphatic carbocycles. The lowest BCUT2D eigenvalue weighted by Gasteiger charge is -2.34. The lowest BCUT2D eigenvalue weighted by Crippen LogP contribution is -2.44. The molecule has 1 aromatic rings. The predicted octanol–water partition coefficient (Wildman–Crippen LogP) is 3.45. The van der Waals surface area contributed by atoms with Crippen LogP contribution in [0.2, 0.25) is 0 Å². The number of alkyl halides is 3. The summed E-state index contributed by atoms with van der Waals surface area (Å²) in [7, 11) is 0. The molecule has 1 atom stereocenters. The van der Waals surface area contributed by atoms with Gasteiger partial charge in [0.05, 0.1) is 11.6 Å². The van der Waals surface area contributed by atoms with E-state index in [1.807, 2.05) is 18.7 Å². The third-order valence-corrected chi connectivity index (χ3v) is 3.48. The first-order chi connectivity index (χ1) is 9.91. The maximum atomic E-state index is 12.5. The van der Waals surface area contributed by atoms with Gasteiger partial charge in [-0.05, 0) is 44.5 Å². The van der Waals surface area contributed by atoms with Gasteiger partial charge in [-0.25, -0.2) is 9.68 Å². The van der Waals surface area contributed by atoms with E-state index in [4.69, 9.17) is 9.68 Å². The van der Waals surface area contributed by atoms with Crippen LogP contribution in [0.1, 0.15) is 25.8 Å². The fraction of sp³-hybridized carbons (Fsp3) is 0.571. The number of benzene rings is 1. The normalized spacial score (nSPS) is 17.4. The Morgan fingerprint density at radius 3 is 2.29 bits per heavy atom. The van der Waals surface area contributed by atoms with E-state index in [9.17, 15) is 13.2 Å². The summed E-state index contributed by atoms with van der Waals surface area (Å²) in [6.07, 6.45) is -3.51. The van der Waals surface area contributed by atoms with Crippen LogP contribution in [-0.2, 0) is 15.9 Å². The van der Waals surface area contributed by atoms with Gasteiger partial charge in [0.15, 0.2) is 6.79 Å². The van der Waals surface area contributed by atoms with Crippen molar-refractivity contribution in [3.63, 3.8) is 0 Å². The van der Waals surface area contributed by atoms with Gasteiger partial charge >= 0.3 is 6.18 Å². The van der Waals surface area contributed by atoms with Crippen molar-refractivity contribution < 1.29 is 22.8 Å². The second-order valence-electron chi connectivity index (χ2n) is 4.92. The molecule has 0 bridgehead atoms. The van der Waals surface area contributed by atoms with Crippen LogP contribution >= 0.6 is 0 Å². The van der Waals surface area contributed by atoms with Gasteiger partial charge in [0.1, 0.15) is 0 Å². The van der Waals surface area contributed by atoms with Crippen molar-refractivity contribution in [2.45, 2.75) is 32.5 Å². The topological polar surface area (TPSA) is 24.9 Å². The molecule has 0 amide bonds. The summed E-state index contributed by atoms with van der Waals surface area (Å²) in [5.41, 5.74) is 0.154. The lowest BCUT2D eigenvalue weighted by atomic mass is 10.1. The molecule has 0 spiro atoms. The molecule has 2 rings (SSSR count). The molecule has 1 saturated heterocycles. The molecule has 1 heterocycles. The van der Waals surface area contributed by atoms with E-state index in [1.165, 1.54) is 17.4 Å². The van der Waals surface area contributed by atoms with E-state index >= 15 is 0 Å². The van der Waals surface area contributed by atoms with Crippen molar-refractivity contribution in [3.05, 3.63) is 29.8 Å². The predicted molar refractivity (Wildman–Crippen MR) is 72.3 cm³/mol. The van der Waals surface area contributed by atoms with Crippen LogP contribution in [0.4, 0.5) is 18.9 Å². The van der Waals surface area contributed by atoms with Crippen LogP contribution in [0, 0.1) is 0 Å². The molecule has 1 aromatic carbocycles. The standard InChI is InChI=1S/C14H19F3N2O2/c1-3-18(9-8-11(2)19-20-10-21-19)13-6-4-12(5-7-13)14(15,16)17/h4-7,11H,3,8-10H2,1-2H3. The SMILES string of the molecule is CCN(CCC(C)N1OCO1)c1ccc(C(F)(F)F)cc1. The fourth-order valence-electron chi connectivity index (χ4n) is 2.15. The van der Waals surface area contributed by atoms with Crippen LogP contribution in [0.3, 0.4) is 0 Å². The van der Waals surface area contributed by atoms with E-state index in [2.05, 4.69) is 0 Å². The van der Waals surface area contributed by atoms with Gasteiger partial charge in [-0.1, -0.05) is 5.23 Å². The van der Waals surface area contributed by atoms with Crippen LogP contribution in [0.5, 0.6) is 0 Å². The number of anilines is 1.